The Morgan fingerprint density at radius 2 is 2.08 bits per heavy atom. The molecule has 0 bridgehead atoms. The Labute approximate surface area is 146 Å². The van der Waals surface area contributed by atoms with Gasteiger partial charge >= 0.3 is 0 Å². The number of hydrogen-bond acceptors (Lipinski definition) is 3. The van der Waals surface area contributed by atoms with Crippen LogP contribution in [0, 0.1) is 5.82 Å². The van der Waals surface area contributed by atoms with Gasteiger partial charge in [-0.2, -0.15) is 0 Å². The van der Waals surface area contributed by atoms with E-state index < -0.39 is 0 Å². The average Bonchev–Trinajstić information content (AvgIpc) is 3.09. The summed E-state index contributed by atoms with van der Waals surface area (Å²) in [5.41, 5.74) is 1.41. The van der Waals surface area contributed by atoms with E-state index in [9.17, 15) is 4.39 Å². The Morgan fingerprint density at radius 1 is 1.21 bits per heavy atom. The van der Waals surface area contributed by atoms with Crippen molar-refractivity contribution in [3.8, 4) is 5.75 Å². The molecule has 1 N–H and O–H groups in total. The van der Waals surface area contributed by atoms with Crippen LogP contribution in [0.1, 0.15) is 24.0 Å². The number of para-hydroxylation sites is 1. The van der Waals surface area contributed by atoms with Crippen LogP contribution in [0.15, 0.2) is 42.5 Å². The molecule has 1 heterocycles. The van der Waals surface area contributed by atoms with Gasteiger partial charge in [-0.25, -0.2) is 4.39 Å². The number of ether oxygens (including phenoxy) is 2. The number of rotatable bonds is 7. The molecule has 1 aliphatic heterocycles. The van der Waals surface area contributed by atoms with Crippen molar-refractivity contribution in [2.75, 3.05) is 13.2 Å². The van der Waals surface area contributed by atoms with E-state index in [0.29, 0.717) is 23.2 Å². The van der Waals surface area contributed by atoms with Crippen LogP contribution in [0.3, 0.4) is 0 Å². The van der Waals surface area contributed by atoms with Gasteiger partial charge in [-0.05, 0) is 31.0 Å². The van der Waals surface area contributed by atoms with Gasteiger partial charge in [0.2, 0.25) is 0 Å². The van der Waals surface area contributed by atoms with Crippen molar-refractivity contribution < 1.29 is 13.9 Å². The molecule has 0 saturated carbocycles. The monoisotopic (exact) mass is 349 g/mol. The lowest BCUT2D eigenvalue weighted by atomic mass is 10.2. The first-order valence-electron chi connectivity index (χ1n) is 8.20. The molecule has 3 rings (SSSR count). The smallest absolute Gasteiger partial charge is 0.131 e. The van der Waals surface area contributed by atoms with Crippen LogP contribution in [0.4, 0.5) is 4.39 Å². The number of halogens is 2. The minimum Gasteiger partial charge on any atom is -0.488 e. The van der Waals surface area contributed by atoms with Gasteiger partial charge in [0.15, 0.2) is 0 Å². The minimum absolute atomic E-state index is 0.105. The Bertz CT molecular complexity index is 654. The van der Waals surface area contributed by atoms with Gasteiger partial charge in [-0.1, -0.05) is 35.9 Å². The molecule has 2 aromatic rings. The molecule has 1 fully saturated rings. The lowest BCUT2D eigenvalue weighted by Crippen LogP contribution is -2.26. The fourth-order valence-corrected chi connectivity index (χ4v) is 3.00. The van der Waals surface area contributed by atoms with E-state index in [4.69, 9.17) is 21.1 Å². The zero-order chi connectivity index (χ0) is 16.8. The molecule has 1 atom stereocenters. The summed E-state index contributed by atoms with van der Waals surface area (Å²) in [7, 11) is 0. The molecule has 0 amide bonds. The molecule has 0 radical (unpaired) electrons. The maximum atomic E-state index is 13.8. The molecule has 0 aromatic heterocycles. The summed E-state index contributed by atoms with van der Waals surface area (Å²) >= 11 is 6.05. The first-order chi connectivity index (χ1) is 11.7. The predicted octanol–water partition coefficient (Wildman–Crippen LogP) is 4.33. The molecule has 1 saturated heterocycles. The van der Waals surface area contributed by atoms with Crippen molar-refractivity contribution >= 4 is 11.6 Å². The van der Waals surface area contributed by atoms with Crippen LogP contribution >= 0.6 is 11.6 Å². The second-order valence-electron chi connectivity index (χ2n) is 5.86. The molecule has 3 nitrogen and oxygen atoms in total. The first-order valence-corrected chi connectivity index (χ1v) is 8.58. The molecular formula is C19H21ClFNO2. The summed E-state index contributed by atoms with van der Waals surface area (Å²) < 4.78 is 25.3. The first kappa shape index (κ1) is 17.2. The lowest BCUT2D eigenvalue weighted by molar-refractivity contribution is 0.110. The predicted molar refractivity (Wildman–Crippen MR) is 92.9 cm³/mol. The summed E-state index contributed by atoms with van der Waals surface area (Å²) in [4.78, 5) is 0. The molecular weight excluding hydrogens is 329 g/mol. The maximum absolute atomic E-state index is 13.8. The normalized spacial score (nSPS) is 17.2. The van der Waals surface area contributed by atoms with E-state index in [0.717, 1.165) is 37.3 Å². The Kier molecular flexibility index (Phi) is 6.07. The fraction of sp³-hybridized carbons (Fsp3) is 0.368. The quantitative estimate of drug-likeness (QED) is 0.807. The molecule has 24 heavy (non-hydrogen) atoms. The third-order valence-electron chi connectivity index (χ3n) is 4.12. The van der Waals surface area contributed by atoms with Crippen molar-refractivity contribution in [1.29, 1.82) is 0 Å². The molecule has 1 aliphatic rings. The molecule has 5 heteroatoms. The third-order valence-corrected chi connectivity index (χ3v) is 4.47. The molecule has 128 valence electrons. The van der Waals surface area contributed by atoms with Gasteiger partial charge < -0.3 is 14.8 Å². The van der Waals surface area contributed by atoms with Crippen molar-refractivity contribution in [1.82, 2.24) is 5.32 Å². The van der Waals surface area contributed by atoms with E-state index >= 15 is 0 Å². The van der Waals surface area contributed by atoms with Crippen LogP contribution in [-0.4, -0.2) is 19.3 Å². The number of hydrogen-bond donors (Lipinski definition) is 1. The highest BCUT2D eigenvalue weighted by Crippen LogP contribution is 2.24. The summed E-state index contributed by atoms with van der Waals surface area (Å²) in [6.07, 6.45) is 2.54. The largest absolute Gasteiger partial charge is 0.488 e. The van der Waals surface area contributed by atoms with Gasteiger partial charge in [-0.3, -0.25) is 0 Å². The zero-order valence-electron chi connectivity index (χ0n) is 13.4. The van der Waals surface area contributed by atoms with Crippen LogP contribution < -0.4 is 10.1 Å². The van der Waals surface area contributed by atoms with Gasteiger partial charge in [0.25, 0.3) is 0 Å². The minimum atomic E-state index is -0.350. The third kappa shape index (κ3) is 4.47. The Morgan fingerprint density at radius 3 is 2.88 bits per heavy atom. The van der Waals surface area contributed by atoms with E-state index in [1.807, 2.05) is 24.3 Å². The molecule has 2 aromatic carbocycles. The van der Waals surface area contributed by atoms with E-state index in [2.05, 4.69) is 5.32 Å². The summed E-state index contributed by atoms with van der Waals surface area (Å²) in [5, 5.41) is 3.78. The van der Waals surface area contributed by atoms with Gasteiger partial charge in [0.05, 0.1) is 11.1 Å². The highest BCUT2D eigenvalue weighted by Gasteiger charge is 2.15. The van der Waals surface area contributed by atoms with Crippen molar-refractivity contribution in [3.63, 3.8) is 0 Å². The van der Waals surface area contributed by atoms with Crippen LogP contribution in [0.2, 0.25) is 5.02 Å². The van der Waals surface area contributed by atoms with Crippen molar-refractivity contribution in [2.45, 2.75) is 32.1 Å². The van der Waals surface area contributed by atoms with Crippen LogP contribution in [0.5, 0.6) is 5.75 Å². The summed E-state index contributed by atoms with van der Waals surface area (Å²) in [6, 6.07) is 12.4. The molecule has 0 unspecified atom stereocenters. The van der Waals surface area contributed by atoms with E-state index in [1.54, 1.807) is 12.1 Å². The Balaban J connectivity index is 1.59. The molecule has 0 spiro atoms. The maximum Gasteiger partial charge on any atom is 0.131 e. The zero-order valence-corrected chi connectivity index (χ0v) is 14.2. The lowest BCUT2D eigenvalue weighted by Gasteiger charge is -2.15. The SMILES string of the molecule is Fc1cccc(Cl)c1COc1ccccc1CNC[C@@H]1CCCO1. The van der Waals surface area contributed by atoms with Gasteiger partial charge in [0.1, 0.15) is 18.2 Å². The summed E-state index contributed by atoms with van der Waals surface area (Å²) in [6.45, 7) is 2.47. The van der Waals surface area contributed by atoms with Crippen molar-refractivity contribution in [3.05, 3.63) is 64.4 Å². The topological polar surface area (TPSA) is 30.5 Å². The molecule has 0 aliphatic carbocycles. The van der Waals surface area contributed by atoms with E-state index in [1.165, 1.54) is 6.07 Å². The average molecular weight is 350 g/mol. The van der Waals surface area contributed by atoms with E-state index in [-0.39, 0.29) is 12.4 Å². The fourth-order valence-electron chi connectivity index (χ4n) is 2.78. The second-order valence-corrected chi connectivity index (χ2v) is 6.27. The van der Waals surface area contributed by atoms with Crippen LogP contribution in [-0.2, 0) is 17.9 Å². The second kappa shape index (κ2) is 8.47. The highest BCUT2D eigenvalue weighted by atomic mass is 35.5. The van der Waals surface area contributed by atoms with Crippen LogP contribution in [0.25, 0.3) is 0 Å². The number of nitrogens with one attached hydrogen (secondary N) is 1. The van der Waals surface area contributed by atoms with Gasteiger partial charge in [0, 0.05) is 30.8 Å². The standard InChI is InChI=1S/C19H21ClFNO2/c20-17-7-3-8-18(21)16(17)13-24-19-9-2-1-5-14(19)11-22-12-15-6-4-10-23-15/h1-3,5,7-9,15,22H,4,6,10-13H2/t15-/m0/s1. The summed E-state index contributed by atoms with van der Waals surface area (Å²) in [5.74, 6) is 0.383. The van der Waals surface area contributed by atoms with Gasteiger partial charge in [-0.15, -0.1) is 0 Å². The Hall–Kier alpha value is -1.62. The van der Waals surface area contributed by atoms with Crippen molar-refractivity contribution in [2.24, 2.45) is 0 Å². The highest BCUT2D eigenvalue weighted by molar-refractivity contribution is 6.31. The number of benzene rings is 2.